The number of carbonyl (C=O) groups is 4. The number of hydrogen-bond acceptors (Lipinski definition) is 6. The number of halogens is 1. The van der Waals surface area contributed by atoms with E-state index in [0.717, 1.165) is 29.7 Å². The van der Waals surface area contributed by atoms with Crippen LogP contribution in [0.15, 0.2) is 72.8 Å². The van der Waals surface area contributed by atoms with E-state index in [0.29, 0.717) is 42.9 Å². The van der Waals surface area contributed by atoms with Crippen LogP contribution in [0.2, 0.25) is 18.6 Å². The van der Waals surface area contributed by atoms with E-state index in [9.17, 15) is 19.5 Å². The Labute approximate surface area is 305 Å². The Bertz CT molecular complexity index is 1850. The predicted molar refractivity (Wildman–Crippen MR) is 199 cm³/mol. The van der Waals surface area contributed by atoms with Gasteiger partial charge in [-0.3, -0.25) is 19.2 Å². The smallest absolute Gasteiger partial charge is 0.264 e. The summed E-state index contributed by atoms with van der Waals surface area (Å²) in [4.78, 5) is 61.0. The summed E-state index contributed by atoms with van der Waals surface area (Å²) in [7, 11) is -3.57. The molecule has 3 aromatic carbocycles. The maximum Gasteiger partial charge on any atom is 0.264 e. The molecule has 4 heterocycles. The molecule has 4 aliphatic rings. The summed E-state index contributed by atoms with van der Waals surface area (Å²) < 4.78 is 23.5. The number of carbonyl (C=O) groups excluding carboxylic acids is 4. The third-order valence-electron chi connectivity index (χ3n) is 11.3. The topological polar surface area (TPSA) is 111 Å². The molecule has 0 saturated carbocycles. The van der Waals surface area contributed by atoms with Crippen molar-refractivity contribution in [2.75, 3.05) is 40.9 Å². The number of aliphatic hydroxyl groups is 1. The second kappa shape index (κ2) is 14.2. The minimum absolute atomic E-state index is 0.00758. The summed E-state index contributed by atoms with van der Waals surface area (Å²) in [6.07, 6.45) is 1.50. The lowest BCUT2D eigenvalue weighted by Gasteiger charge is -2.31. The van der Waals surface area contributed by atoms with Gasteiger partial charge in [0, 0.05) is 67.4 Å². The fraction of sp³-hybridized carbons (Fsp3) is 0.450. The van der Waals surface area contributed by atoms with Crippen molar-refractivity contribution in [3.8, 4) is 0 Å². The van der Waals surface area contributed by atoms with Gasteiger partial charge in [-0.05, 0) is 67.4 Å². The van der Waals surface area contributed by atoms with Crippen molar-refractivity contribution in [3.05, 3.63) is 89.5 Å². The van der Waals surface area contributed by atoms with E-state index in [1.54, 1.807) is 32.7 Å². The van der Waals surface area contributed by atoms with E-state index < -0.39 is 31.6 Å². The number of ether oxygens (including phenoxy) is 1. The van der Waals surface area contributed by atoms with Crippen LogP contribution in [0, 0.1) is 5.92 Å². The molecular weight excluding hydrogens is 680 g/mol. The highest BCUT2D eigenvalue weighted by Gasteiger charge is 2.67. The first-order valence-corrected chi connectivity index (χ1v) is 21.3. The number of benzene rings is 3. The Kier molecular flexibility index (Phi) is 9.83. The van der Waals surface area contributed by atoms with Gasteiger partial charge in [0.2, 0.25) is 26.1 Å². The van der Waals surface area contributed by atoms with Gasteiger partial charge in [0.1, 0.15) is 0 Å². The second-order valence-electron chi connectivity index (χ2n) is 15.1. The zero-order valence-corrected chi connectivity index (χ0v) is 31.1. The van der Waals surface area contributed by atoms with Crippen LogP contribution in [0.4, 0.5) is 21.2 Å². The summed E-state index contributed by atoms with van der Waals surface area (Å²) in [6.45, 7) is 6.69. The molecule has 3 fully saturated rings. The molecule has 7 rings (SSSR count). The Morgan fingerprint density at radius 1 is 0.923 bits per heavy atom. The Morgan fingerprint density at radius 2 is 1.56 bits per heavy atom. The first-order valence-electron chi connectivity index (χ1n) is 18.4. The normalized spacial score (nSPS) is 24.4. The predicted octanol–water partition coefficient (Wildman–Crippen LogP) is 5.67. The highest BCUT2D eigenvalue weighted by Crippen LogP contribution is 2.61. The zero-order chi connectivity index (χ0) is 36.8. The number of amides is 4. The first kappa shape index (κ1) is 36.0. The number of nitrogens with zero attached hydrogens (tertiary/aromatic N) is 4. The van der Waals surface area contributed by atoms with Crippen molar-refractivity contribution in [2.24, 2.45) is 5.92 Å². The van der Waals surface area contributed by atoms with E-state index in [1.807, 2.05) is 79.7 Å². The lowest BCUT2D eigenvalue weighted by atomic mass is 9.82. The fourth-order valence-corrected chi connectivity index (χ4v) is 11.4. The summed E-state index contributed by atoms with van der Waals surface area (Å²) in [5.74, 6) is -1.13. The average Bonchev–Trinajstić information content (AvgIpc) is 3.87. The van der Waals surface area contributed by atoms with Crippen molar-refractivity contribution >= 4 is 49.1 Å². The van der Waals surface area contributed by atoms with E-state index in [2.05, 4.69) is 0 Å². The molecule has 10 nitrogen and oxygen atoms in total. The molecule has 274 valence electrons. The SMILES string of the molecule is C[C@H]1[C@H]([Si](C)(C)F)[C@@H](CC(=O)N(CCO)Cc2ccccc2)O[C@]12C(=O)N(Cc1ccc(N3CCCC3=O)cc1)c1ccc(N3CCCC3=O)cc12. The minimum atomic E-state index is -3.57. The maximum atomic E-state index is 16.6. The molecular formula is C40H47FN4O6Si. The van der Waals surface area contributed by atoms with E-state index in [4.69, 9.17) is 4.74 Å². The van der Waals surface area contributed by atoms with Crippen molar-refractivity contribution in [1.82, 2.24) is 4.90 Å². The number of hydrogen-bond donors (Lipinski definition) is 1. The lowest BCUT2D eigenvalue weighted by molar-refractivity contribution is -0.150. The van der Waals surface area contributed by atoms with Crippen molar-refractivity contribution < 1.29 is 33.1 Å². The van der Waals surface area contributed by atoms with Crippen LogP contribution in [0.25, 0.3) is 0 Å². The van der Waals surface area contributed by atoms with Gasteiger partial charge >= 0.3 is 0 Å². The lowest BCUT2D eigenvalue weighted by Crippen LogP contribution is -2.45. The highest BCUT2D eigenvalue weighted by atomic mass is 28.4. The molecule has 0 aliphatic carbocycles. The van der Waals surface area contributed by atoms with Gasteiger partial charge in [0.15, 0.2) is 5.60 Å². The Hall–Kier alpha value is -4.39. The molecule has 1 spiro atoms. The van der Waals surface area contributed by atoms with Crippen LogP contribution in [0.3, 0.4) is 0 Å². The van der Waals surface area contributed by atoms with E-state index in [1.165, 1.54) is 0 Å². The van der Waals surface area contributed by atoms with Gasteiger partial charge in [0.25, 0.3) is 5.91 Å². The van der Waals surface area contributed by atoms with Crippen LogP contribution in [0.1, 0.15) is 55.7 Å². The molecule has 52 heavy (non-hydrogen) atoms. The minimum Gasteiger partial charge on any atom is -0.395 e. The number of anilines is 3. The monoisotopic (exact) mass is 726 g/mol. The van der Waals surface area contributed by atoms with Gasteiger partial charge in [-0.25, -0.2) is 0 Å². The first-order chi connectivity index (χ1) is 24.9. The third-order valence-corrected chi connectivity index (χ3v) is 13.8. The van der Waals surface area contributed by atoms with Gasteiger partial charge in [-0.15, -0.1) is 0 Å². The summed E-state index contributed by atoms with van der Waals surface area (Å²) in [5, 5.41) is 9.85. The highest BCUT2D eigenvalue weighted by molar-refractivity contribution is 6.72. The second-order valence-corrected chi connectivity index (χ2v) is 18.9. The van der Waals surface area contributed by atoms with Gasteiger partial charge in [-0.1, -0.05) is 49.4 Å². The molecule has 12 heteroatoms. The standard InChI is InChI=1S/C40H47FN4O6Si/c1-27-38(52(2,3)41)34(24-37(49)42(21-22-46)25-28-9-5-4-6-10-28)51-40(27)32-23-31(44-20-8-12-36(44)48)17-18-33(32)45(39(40)50)26-29-13-15-30(16-14-29)43-19-7-11-35(43)47/h4-6,9-10,13-18,23,27,34,38,46H,7-8,11-12,19-22,24-26H2,1-3H3/t27-,34+,38-,40+/m0/s1. The molecule has 4 amide bonds. The number of aliphatic hydroxyl groups excluding tert-OH is 1. The van der Waals surface area contributed by atoms with Crippen LogP contribution in [-0.2, 0) is 42.6 Å². The van der Waals surface area contributed by atoms with Crippen LogP contribution >= 0.6 is 0 Å². The summed E-state index contributed by atoms with van der Waals surface area (Å²) in [5.41, 5.74) is 2.15. The van der Waals surface area contributed by atoms with Crippen LogP contribution in [-0.4, -0.2) is 74.4 Å². The van der Waals surface area contributed by atoms with Crippen molar-refractivity contribution in [1.29, 1.82) is 0 Å². The quantitative estimate of drug-likeness (QED) is 0.202. The Balaban J connectivity index is 1.24. The molecule has 3 aromatic rings. The molecule has 1 N–H and O–H groups in total. The van der Waals surface area contributed by atoms with Gasteiger partial charge < -0.3 is 33.6 Å². The fourth-order valence-electron chi connectivity index (χ4n) is 8.88. The van der Waals surface area contributed by atoms with E-state index >= 15 is 8.90 Å². The van der Waals surface area contributed by atoms with Crippen LogP contribution < -0.4 is 14.7 Å². The van der Waals surface area contributed by atoms with Gasteiger partial charge in [-0.2, -0.15) is 0 Å². The molecule has 0 radical (unpaired) electrons. The third kappa shape index (κ3) is 6.45. The molecule has 4 atom stereocenters. The molecule has 3 saturated heterocycles. The van der Waals surface area contributed by atoms with Crippen LogP contribution in [0.5, 0.6) is 0 Å². The number of fused-ring (bicyclic) bond motifs is 2. The number of rotatable bonds is 11. The van der Waals surface area contributed by atoms with Crippen molar-refractivity contribution in [2.45, 2.75) is 82.5 Å². The van der Waals surface area contributed by atoms with Crippen molar-refractivity contribution in [3.63, 3.8) is 0 Å². The largest absolute Gasteiger partial charge is 0.395 e. The molecule has 0 unspecified atom stereocenters. The summed E-state index contributed by atoms with van der Waals surface area (Å²) in [6, 6.07) is 22.7. The molecule has 0 aromatic heterocycles. The molecule has 4 aliphatic heterocycles. The Morgan fingerprint density at radius 3 is 2.15 bits per heavy atom. The van der Waals surface area contributed by atoms with E-state index in [-0.39, 0.29) is 56.3 Å². The van der Waals surface area contributed by atoms with Gasteiger partial charge in [0.05, 0.1) is 31.4 Å². The average molecular weight is 727 g/mol. The summed E-state index contributed by atoms with van der Waals surface area (Å²) >= 11 is 0. The zero-order valence-electron chi connectivity index (χ0n) is 30.1. The molecule has 0 bridgehead atoms. The maximum absolute atomic E-state index is 16.6.